The Morgan fingerprint density at radius 1 is 1.32 bits per heavy atom. The molecule has 0 unspecified atom stereocenters. The summed E-state index contributed by atoms with van der Waals surface area (Å²) in [6, 6.07) is 9.87. The van der Waals surface area contributed by atoms with Crippen molar-refractivity contribution in [2.45, 2.75) is 25.8 Å². The molecular weight excluding hydrogens is 342 g/mol. The minimum atomic E-state index is 0.0665. The van der Waals surface area contributed by atoms with E-state index in [0.29, 0.717) is 6.54 Å². The van der Waals surface area contributed by atoms with E-state index in [1.807, 2.05) is 35.0 Å². The summed E-state index contributed by atoms with van der Waals surface area (Å²) in [4.78, 5) is 12.3. The van der Waals surface area contributed by atoms with Crippen LogP contribution < -0.4 is 5.32 Å². The maximum absolute atomic E-state index is 12.3. The second-order valence-electron chi connectivity index (χ2n) is 5.44. The third-order valence-corrected chi connectivity index (χ3v) is 4.66. The van der Waals surface area contributed by atoms with E-state index < -0.39 is 0 Å². The molecule has 4 nitrogen and oxygen atoms in total. The van der Waals surface area contributed by atoms with E-state index >= 15 is 0 Å². The third kappa shape index (κ3) is 3.47. The number of amides is 1. The number of rotatable bonds is 4. The van der Waals surface area contributed by atoms with Gasteiger partial charge in [-0.15, -0.1) is 0 Å². The standard InChI is InChI=1S/C17H18BrN3O/c18-15-9-5-4-8-14(15)12-21-16(10-11-19-21)20-17(22)13-6-2-1-3-7-13/h1-2,4-5,8-11,13H,3,6-7,12H2,(H,20,22)/t13-/m1/s1. The summed E-state index contributed by atoms with van der Waals surface area (Å²) in [5.41, 5.74) is 1.13. The molecule has 1 heterocycles. The predicted molar refractivity (Wildman–Crippen MR) is 90.6 cm³/mol. The summed E-state index contributed by atoms with van der Waals surface area (Å²) in [7, 11) is 0. The highest BCUT2D eigenvalue weighted by Crippen LogP contribution is 2.22. The topological polar surface area (TPSA) is 46.9 Å². The number of aromatic nitrogens is 2. The van der Waals surface area contributed by atoms with Gasteiger partial charge in [0.05, 0.1) is 12.7 Å². The maximum Gasteiger partial charge on any atom is 0.228 e. The Bertz CT molecular complexity index is 693. The summed E-state index contributed by atoms with van der Waals surface area (Å²) in [6.07, 6.45) is 8.67. The largest absolute Gasteiger partial charge is 0.311 e. The molecule has 1 aromatic heterocycles. The second-order valence-corrected chi connectivity index (χ2v) is 6.29. The van der Waals surface area contributed by atoms with Gasteiger partial charge in [-0.25, -0.2) is 4.68 Å². The Morgan fingerprint density at radius 2 is 2.18 bits per heavy atom. The number of hydrogen-bond acceptors (Lipinski definition) is 2. The number of anilines is 1. The van der Waals surface area contributed by atoms with Gasteiger partial charge in [0.2, 0.25) is 5.91 Å². The third-order valence-electron chi connectivity index (χ3n) is 3.89. The van der Waals surface area contributed by atoms with Gasteiger partial charge in [0.1, 0.15) is 5.82 Å². The highest BCUT2D eigenvalue weighted by atomic mass is 79.9. The van der Waals surface area contributed by atoms with E-state index in [9.17, 15) is 4.79 Å². The van der Waals surface area contributed by atoms with Crippen LogP contribution in [0.3, 0.4) is 0 Å². The van der Waals surface area contributed by atoms with Crippen LogP contribution in [0.15, 0.2) is 53.2 Å². The van der Waals surface area contributed by atoms with Crippen molar-refractivity contribution in [3.05, 3.63) is 58.7 Å². The van der Waals surface area contributed by atoms with E-state index in [4.69, 9.17) is 0 Å². The molecule has 1 aromatic carbocycles. The molecule has 5 heteroatoms. The summed E-state index contributed by atoms with van der Waals surface area (Å²) >= 11 is 3.54. The predicted octanol–water partition coefficient (Wildman–Crippen LogP) is 3.99. The molecule has 0 aliphatic heterocycles. The maximum atomic E-state index is 12.3. The zero-order valence-corrected chi connectivity index (χ0v) is 13.8. The number of allylic oxidation sites excluding steroid dienone is 2. The van der Waals surface area contributed by atoms with E-state index in [2.05, 4.69) is 38.5 Å². The number of benzene rings is 1. The Kier molecular flexibility index (Phi) is 4.73. The van der Waals surface area contributed by atoms with Gasteiger partial charge < -0.3 is 5.32 Å². The van der Waals surface area contributed by atoms with Crippen molar-refractivity contribution < 1.29 is 4.79 Å². The molecule has 0 bridgehead atoms. The average Bonchev–Trinajstić information content (AvgIpc) is 2.97. The smallest absolute Gasteiger partial charge is 0.228 e. The Morgan fingerprint density at radius 3 is 2.95 bits per heavy atom. The second kappa shape index (κ2) is 6.92. The lowest BCUT2D eigenvalue weighted by Gasteiger charge is -2.17. The van der Waals surface area contributed by atoms with Crippen molar-refractivity contribution in [3.63, 3.8) is 0 Å². The van der Waals surface area contributed by atoms with Crippen LogP contribution in [0.4, 0.5) is 5.82 Å². The first kappa shape index (κ1) is 15.0. The van der Waals surface area contributed by atoms with Gasteiger partial charge in [-0.1, -0.05) is 46.3 Å². The lowest BCUT2D eigenvalue weighted by molar-refractivity contribution is -0.120. The fourth-order valence-corrected chi connectivity index (χ4v) is 3.02. The van der Waals surface area contributed by atoms with Gasteiger partial charge in [0.25, 0.3) is 0 Å². The first-order valence-electron chi connectivity index (χ1n) is 7.45. The van der Waals surface area contributed by atoms with Crippen LogP contribution in [-0.2, 0) is 11.3 Å². The van der Waals surface area contributed by atoms with Gasteiger partial charge in [-0.05, 0) is 30.9 Å². The fourth-order valence-electron chi connectivity index (χ4n) is 2.61. The van der Waals surface area contributed by atoms with E-state index in [1.165, 1.54) is 0 Å². The number of hydrogen-bond donors (Lipinski definition) is 1. The zero-order valence-electron chi connectivity index (χ0n) is 12.2. The molecule has 0 saturated carbocycles. The highest BCUT2D eigenvalue weighted by molar-refractivity contribution is 9.10. The van der Waals surface area contributed by atoms with Crippen LogP contribution >= 0.6 is 15.9 Å². The molecule has 0 saturated heterocycles. The van der Waals surface area contributed by atoms with Crippen molar-refractivity contribution in [3.8, 4) is 0 Å². The molecule has 1 atom stereocenters. The molecule has 2 aromatic rings. The normalized spacial score (nSPS) is 17.4. The molecule has 1 N–H and O–H groups in total. The van der Waals surface area contributed by atoms with Crippen LogP contribution in [0.1, 0.15) is 24.8 Å². The minimum absolute atomic E-state index is 0.0665. The van der Waals surface area contributed by atoms with Crippen LogP contribution in [-0.4, -0.2) is 15.7 Å². The van der Waals surface area contributed by atoms with Crippen molar-refractivity contribution >= 4 is 27.7 Å². The van der Waals surface area contributed by atoms with Gasteiger partial charge in [-0.2, -0.15) is 5.10 Å². The van der Waals surface area contributed by atoms with Crippen molar-refractivity contribution in [1.29, 1.82) is 0 Å². The van der Waals surface area contributed by atoms with Gasteiger partial charge >= 0.3 is 0 Å². The number of nitrogens with zero attached hydrogens (tertiary/aromatic N) is 2. The average molecular weight is 360 g/mol. The molecule has 1 aliphatic carbocycles. The molecular formula is C17H18BrN3O. The minimum Gasteiger partial charge on any atom is -0.311 e. The molecule has 22 heavy (non-hydrogen) atoms. The fraction of sp³-hybridized carbons (Fsp3) is 0.294. The van der Waals surface area contributed by atoms with Crippen LogP contribution in [0, 0.1) is 5.92 Å². The van der Waals surface area contributed by atoms with Crippen LogP contribution in [0.25, 0.3) is 0 Å². The van der Waals surface area contributed by atoms with Crippen LogP contribution in [0.2, 0.25) is 0 Å². The molecule has 1 aliphatic rings. The number of nitrogens with one attached hydrogen (secondary N) is 1. The first-order chi connectivity index (χ1) is 10.7. The monoisotopic (exact) mass is 359 g/mol. The van der Waals surface area contributed by atoms with Crippen molar-refractivity contribution in [2.24, 2.45) is 5.92 Å². The Balaban J connectivity index is 1.71. The van der Waals surface area contributed by atoms with Gasteiger partial charge in [-0.3, -0.25) is 4.79 Å². The molecule has 114 valence electrons. The molecule has 0 spiro atoms. The summed E-state index contributed by atoms with van der Waals surface area (Å²) in [6.45, 7) is 0.620. The lowest BCUT2D eigenvalue weighted by atomic mass is 9.94. The number of carbonyl (C=O) groups excluding carboxylic acids is 1. The molecule has 0 fully saturated rings. The number of carbonyl (C=O) groups is 1. The molecule has 3 rings (SSSR count). The van der Waals surface area contributed by atoms with Gasteiger partial charge in [0.15, 0.2) is 0 Å². The molecule has 0 radical (unpaired) electrons. The highest BCUT2D eigenvalue weighted by Gasteiger charge is 2.19. The Hall–Kier alpha value is -1.88. The van der Waals surface area contributed by atoms with E-state index in [-0.39, 0.29) is 11.8 Å². The summed E-state index contributed by atoms with van der Waals surface area (Å²) < 4.78 is 2.86. The first-order valence-corrected chi connectivity index (χ1v) is 8.24. The van der Waals surface area contributed by atoms with Crippen LogP contribution in [0.5, 0.6) is 0 Å². The van der Waals surface area contributed by atoms with E-state index in [0.717, 1.165) is 35.1 Å². The van der Waals surface area contributed by atoms with Crippen molar-refractivity contribution in [1.82, 2.24) is 9.78 Å². The summed E-state index contributed by atoms with van der Waals surface area (Å²) in [5.74, 6) is 0.894. The Labute approximate surface area is 138 Å². The SMILES string of the molecule is O=C(Nc1ccnn1Cc1ccccc1Br)[C@@H]1CC=CCC1. The van der Waals surface area contributed by atoms with E-state index in [1.54, 1.807) is 6.20 Å². The zero-order chi connectivity index (χ0) is 15.4. The van der Waals surface area contributed by atoms with Crippen molar-refractivity contribution in [2.75, 3.05) is 5.32 Å². The number of halogens is 1. The van der Waals surface area contributed by atoms with Gasteiger partial charge in [0, 0.05) is 16.5 Å². The lowest BCUT2D eigenvalue weighted by Crippen LogP contribution is -2.25. The molecule has 1 amide bonds. The summed E-state index contributed by atoms with van der Waals surface area (Å²) in [5, 5.41) is 7.33. The quantitative estimate of drug-likeness (QED) is 0.839.